The first-order chi connectivity index (χ1) is 14.3. The van der Waals surface area contributed by atoms with Gasteiger partial charge in [0.05, 0.1) is 18.4 Å². The number of urea groups is 1. The molecule has 0 aromatic heterocycles. The first kappa shape index (κ1) is 22.4. The number of ether oxygens (including phenoxy) is 2. The predicted octanol–water partition coefficient (Wildman–Crippen LogP) is 3.71. The third-order valence-corrected chi connectivity index (χ3v) is 6.07. The molecule has 7 nitrogen and oxygen atoms in total. The predicted molar refractivity (Wildman–Crippen MR) is 117 cm³/mol. The van der Waals surface area contributed by atoms with E-state index in [0.717, 1.165) is 31.2 Å². The number of carbonyl (C=O) groups excluding carboxylic acids is 2. The molecule has 2 heterocycles. The van der Waals surface area contributed by atoms with Crippen molar-refractivity contribution in [1.82, 2.24) is 10.2 Å². The van der Waals surface area contributed by atoms with Crippen LogP contribution in [0.15, 0.2) is 18.2 Å². The van der Waals surface area contributed by atoms with Gasteiger partial charge in [0.25, 0.3) is 0 Å². The first-order valence-electron chi connectivity index (χ1n) is 10.9. The Bertz CT molecular complexity index is 757. The van der Waals surface area contributed by atoms with Crippen LogP contribution in [0.5, 0.6) is 5.75 Å². The van der Waals surface area contributed by atoms with Gasteiger partial charge in [-0.2, -0.15) is 0 Å². The molecule has 0 radical (unpaired) electrons. The second-order valence-electron chi connectivity index (χ2n) is 8.94. The topological polar surface area (TPSA) is 79.9 Å². The number of rotatable bonds is 5. The maximum absolute atomic E-state index is 12.7. The Hall–Kier alpha value is -2.28. The molecule has 0 saturated carbocycles. The van der Waals surface area contributed by atoms with Crippen molar-refractivity contribution in [1.29, 1.82) is 0 Å². The molecule has 1 aromatic carbocycles. The number of piperidine rings is 1. The van der Waals surface area contributed by atoms with Gasteiger partial charge in [-0.1, -0.05) is 6.07 Å². The van der Waals surface area contributed by atoms with Crippen LogP contribution in [-0.4, -0.2) is 55.3 Å². The lowest BCUT2D eigenvalue weighted by atomic mass is 9.78. The number of aryl methyl sites for hydroxylation is 1. The molecular formula is C23H35N3O4. The molecule has 1 unspecified atom stereocenters. The van der Waals surface area contributed by atoms with Crippen LogP contribution in [0.4, 0.5) is 10.5 Å². The van der Waals surface area contributed by atoms with E-state index < -0.39 is 0 Å². The zero-order valence-corrected chi connectivity index (χ0v) is 18.6. The van der Waals surface area contributed by atoms with E-state index >= 15 is 0 Å². The van der Waals surface area contributed by atoms with E-state index in [-0.39, 0.29) is 29.5 Å². The fraction of sp³-hybridized carbons (Fsp3) is 0.652. The van der Waals surface area contributed by atoms with Crippen molar-refractivity contribution in [3.63, 3.8) is 0 Å². The number of benzene rings is 1. The zero-order valence-electron chi connectivity index (χ0n) is 18.6. The molecule has 7 heteroatoms. The highest BCUT2D eigenvalue weighted by atomic mass is 16.5. The summed E-state index contributed by atoms with van der Waals surface area (Å²) in [6.07, 6.45) is 3.87. The fourth-order valence-corrected chi connectivity index (χ4v) is 4.49. The van der Waals surface area contributed by atoms with Crippen LogP contribution in [0.25, 0.3) is 0 Å². The minimum absolute atomic E-state index is 0.00121. The Balaban J connectivity index is 1.54. The molecule has 1 spiro atoms. The highest BCUT2D eigenvalue weighted by Gasteiger charge is 2.41. The number of amides is 3. The Morgan fingerprint density at radius 3 is 2.70 bits per heavy atom. The highest BCUT2D eigenvalue weighted by molar-refractivity contribution is 5.92. The lowest BCUT2D eigenvalue weighted by Crippen LogP contribution is -2.53. The minimum atomic E-state index is -0.209. The molecule has 0 aliphatic carbocycles. The molecular weight excluding hydrogens is 382 g/mol. The van der Waals surface area contributed by atoms with Crippen LogP contribution in [0.3, 0.4) is 0 Å². The minimum Gasteiger partial charge on any atom is -0.495 e. The van der Waals surface area contributed by atoms with E-state index in [0.29, 0.717) is 37.6 Å². The number of anilines is 1. The molecule has 2 aliphatic rings. The molecule has 1 atom stereocenters. The Kier molecular flexibility index (Phi) is 7.23. The maximum Gasteiger partial charge on any atom is 0.317 e. The molecule has 2 aliphatic heterocycles. The molecule has 3 rings (SSSR count). The number of hydrogen-bond donors (Lipinski definition) is 2. The van der Waals surface area contributed by atoms with Gasteiger partial charge in [0.1, 0.15) is 5.75 Å². The molecule has 166 valence electrons. The zero-order chi connectivity index (χ0) is 21.7. The van der Waals surface area contributed by atoms with Crippen LogP contribution in [0, 0.1) is 12.8 Å². The van der Waals surface area contributed by atoms with Crippen molar-refractivity contribution in [2.45, 2.75) is 64.5 Å². The number of likely N-dealkylation sites (tertiary alicyclic amines) is 1. The smallest absolute Gasteiger partial charge is 0.317 e. The van der Waals surface area contributed by atoms with Gasteiger partial charge in [-0.25, -0.2) is 4.79 Å². The van der Waals surface area contributed by atoms with E-state index in [2.05, 4.69) is 10.6 Å². The summed E-state index contributed by atoms with van der Waals surface area (Å²) in [6.45, 7) is 7.98. The van der Waals surface area contributed by atoms with E-state index in [4.69, 9.17) is 9.47 Å². The molecule has 2 saturated heterocycles. The average Bonchev–Trinajstić information content (AvgIpc) is 2.68. The fourth-order valence-electron chi connectivity index (χ4n) is 4.49. The summed E-state index contributed by atoms with van der Waals surface area (Å²) >= 11 is 0. The third-order valence-electron chi connectivity index (χ3n) is 6.07. The monoisotopic (exact) mass is 417 g/mol. The lowest BCUT2D eigenvalue weighted by Gasteiger charge is -2.46. The van der Waals surface area contributed by atoms with Gasteiger partial charge >= 0.3 is 6.03 Å². The van der Waals surface area contributed by atoms with Crippen LogP contribution >= 0.6 is 0 Å². The number of hydrogen-bond acceptors (Lipinski definition) is 4. The molecule has 1 aromatic rings. The SMILES string of the molecule is COc1ccc(C)cc1NC(=O)CC1CCOC2(CCN(C(=O)NC(C)C)CC2)C1. The quantitative estimate of drug-likeness (QED) is 0.765. The largest absolute Gasteiger partial charge is 0.495 e. The Labute approximate surface area is 179 Å². The van der Waals surface area contributed by atoms with Crippen molar-refractivity contribution >= 4 is 17.6 Å². The molecule has 2 fully saturated rings. The van der Waals surface area contributed by atoms with Gasteiger partial charge in [-0.3, -0.25) is 4.79 Å². The van der Waals surface area contributed by atoms with Gasteiger partial charge < -0.3 is 25.0 Å². The number of methoxy groups -OCH3 is 1. The summed E-state index contributed by atoms with van der Waals surface area (Å²) in [5, 5.41) is 5.97. The summed E-state index contributed by atoms with van der Waals surface area (Å²) in [5.41, 5.74) is 1.58. The van der Waals surface area contributed by atoms with Crippen molar-refractivity contribution in [3.8, 4) is 5.75 Å². The van der Waals surface area contributed by atoms with Crippen LogP contribution < -0.4 is 15.4 Å². The summed E-state index contributed by atoms with van der Waals surface area (Å²) in [7, 11) is 1.61. The third kappa shape index (κ3) is 5.65. The second kappa shape index (κ2) is 9.69. The Morgan fingerprint density at radius 1 is 1.30 bits per heavy atom. The molecule has 30 heavy (non-hydrogen) atoms. The lowest BCUT2D eigenvalue weighted by molar-refractivity contribution is -0.131. The maximum atomic E-state index is 12.7. The van der Waals surface area contributed by atoms with Crippen LogP contribution in [0.1, 0.15) is 51.5 Å². The molecule has 3 amide bonds. The van der Waals surface area contributed by atoms with E-state index in [9.17, 15) is 9.59 Å². The van der Waals surface area contributed by atoms with Crippen molar-refractivity contribution in [2.75, 3.05) is 32.1 Å². The number of carbonyl (C=O) groups is 2. The highest BCUT2D eigenvalue weighted by Crippen LogP contribution is 2.39. The van der Waals surface area contributed by atoms with Gasteiger partial charge in [0, 0.05) is 32.2 Å². The standard InChI is InChI=1S/C23H35N3O4/c1-16(2)24-22(28)26-10-8-23(9-11-26)15-18(7-12-30-23)14-21(27)25-19-13-17(3)5-6-20(19)29-4/h5-6,13,16,18H,7-12,14-15H2,1-4H3,(H,24,28)(H,25,27). The molecule has 0 bridgehead atoms. The summed E-state index contributed by atoms with van der Waals surface area (Å²) in [5.74, 6) is 0.963. The van der Waals surface area contributed by atoms with E-state index in [1.165, 1.54) is 0 Å². The van der Waals surface area contributed by atoms with Gasteiger partial charge in [0.2, 0.25) is 5.91 Å². The average molecular weight is 418 g/mol. The van der Waals surface area contributed by atoms with Crippen molar-refractivity contribution in [2.24, 2.45) is 5.92 Å². The first-order valence-corrected chi connectivity index (χ1v) is 10.9. The normalized spacial score (nSPS) is 20.8. The van der Waals surface area contributed by atoms with Gasteiger partial charge in [-0.05, 0) is 70.1 Å². The van der Waals surface area contributed by atoms with Crippen LogP contribution in [0.2, 0.25) is 0 Å². The van der Waals surface area contributed by atoms with Gasteiger partial charge in [0.15, 0.2) is 0 Å². The Morgan fingerprint density at radius 2 is 2.03 bits per heavy atom. The van der Waals surface area contributed by atoms with E-state index in [1.54, 1.807) is 7.11 Å². The number of nitrogens with one attached hydrogen (secondary N) is 2. The number of nitrogens with zero attached hydrogens (tertiary/aromatic N) is 1. The van der Waals surface area contributed by atoms with E-state index in [1.807, 2.05) is 43.9 Å². The van der Waals surface area contributed by atoms with Crippen molar-refractivity contribution in [3.05, 3.63) is 23.8 Å². The molecule has 2 N–H and O–H groups in total. The summed E-state index contributed by atoms with van der Waals surface area (Å²) in [4.78, 5) is 26.8. The van der Waals surface area contributed by atoms with Gasteiger partial charge in [-0.15, -0.1) is 0 Å². The van der Waals surface area contributed by atoms with Crippen LogP contribution in [-0.2, 0) is 9.53 Å². The summed E-state index contributed by atoms with van der Waals surface area (Å²) < 4.78 is 11.6. The summed E-state index contributed by atoms with van der Waals surface area (Å²) in [6, 6.07) is 5.90. The van der Waals surface area contributed by atoms with Crippen molar-refractivity contribution < 1.29 is 19.1 Å². The second-order valence-corrected chi connectivity index (χ2v) is 8.94.